The number of hydrogen-bond acceptors (Lipinski definition) is 3. The molecule has 0 aromatic rings. The van der Waals surface area contributed by atoms with Gasteiger partial charge in [-0.05, 0) is 20.3 Å². The monoisotopic (exact) mass is 239 g/mol. The zero-order valence-corrected chi connectivity index (χ0v) is 10.8. The van der Waals surface area contributed by atoms with Crippen LogP contribution in [-0.4, -0.2) is 36.3 Å². The molecule has 0 saturated carbocycles. The van der Waals surface area contributed by atoms with Gasteiger partial charge >= 0.3 is 0 Å². The van der Waals surface area contributed by atoms with E-state index in [0.29, 0.717) is 26.1 Å². The van der Waals surface area contributed by atoms with Crippen LogP contribution >= 0.6 is 0 Å². The first kappa shape index (κ1) is 15.4. The second kappa shape index (κ2) is 8.57. The van der Waals surface area contributed by atoms with Crippen LogP contribution in [0.1, 0.15) is 33.6 Å². The average Bonchev–Trinajstić information content (AvgIpc) is 2.32. The number of nitriles is 1. The van der Waals surface area contributed by atoms with Crippen molar-refractivity contribution in [1.82, 2.24) is 10.2 Å². The van der Waals surface area contributed by atoms with Crippen molar-refractivity contribution in [1.29, 1.82) is 5.26 Å². The molecule has 0 bridgehead atoms. The average molecular weight is 239 g/mol. The lowest BCUT2D eigenvalue weighted by molar-refractivity contribution is -0.130. The molecule has 0 heterocycles. The van der Waals surface area contributed by atoms with E-state index in [1.165, 1.54) is 0 Å². The van der Waals surface area contributed by atoms with Gasteiger partial charge in [-0.25, -0.2) is 0 Å². The number of hydrogen-bond donors (Lipinski definition) is 1. The molecule has 0 aliphatic carbocycles. The summed E-state index contributed by atoms with van der Waals surface area (Å²) in [6.07, 6.45) is 0.779. The van der Waals surface area contributed by atoms with Gasteiger partial charge in [-0.1, -0.05) is 6.92 Å². The van der Waals surface area contributed by atoms with Crippen molar-refractivity contribution in [2.75, 3.05) is 19.6 Å². The summed E-state index contributed by atoms with van der Waals surface area (Å²) in [5.74, 6) is -0.874. The maximum atomic E-state index is 11.6. The Bertz CT molecular complexity index is 293. The third kappa shape index (κ3) is 5.34. The van der Waals surface area contributed by atoms with Gasteiger partial charge in [0.1, 0.15) is 5.92 Å². The Labute approximate surface area is 103 Å². The van der Waals surface area contributed by atoms with Gasteiger partial charge in [0.2, 0.25) is 11.8 Å². The summed E-state index contributed by atoms with van der Waals surface area (Å²) in [5, 5.41) is 11.3. The lowest BCUT2D eigenvalue weighted by Crippen LogP contribution is -2.36. The van der Waals surface area contributed by atoms with E-state index in [4.69, 9.17) is 5.26 Å². The van der Waals surface area contributed by atoms with Crippen molar-refractivity contribution in [3.63, 3.8) is 0 Å². The summed E-state index contributed by atoms with van der Waals surface area (Å²) in [4.78, 5) is 24.8. The third-order valence-electron chi connectivity index (χ3n) is 2.63. The maximum absolute atomic E-state index is 11.6. The molecule has 0 rings (SSSR count). The van der Waals surface area contributed by atoms with E-state index in [2.05, 4.69) is 5.32 Å². The molecule has 0 saturated heterocycles. The Hall–Kier alpha value is -1.57. The Morgan fingerprint density at radius 1 is 1.29 bits per heavy atom. The highest BCUT2D eigenvalue weighted by Gasteiger charge is 2.15. The van der Waals surface area contributed by atoms with Gasteiger partial charge in [0.15, 0.2) is 0 Å². The molecule has 0 aliphatic rings. The molecule has 0 spiro atoms. The second-order valence-corrected chi connectivity index (χ2v) is 3.70. The fourth-order valence-electron chi connectivity index (χ4n) is 1.49. The standard InChI is InChI=1S/C12H21N3O2/c1-4-10(9-13)12(17)14-8-7-11(16)15(5-2)6-3/h10H,4-8H2,1-3H3,(H,14,17). The van der Waals surface area contributed by atoms with E-state index >= 15 is 0 Å². The summed E-state index contributed by atoms with van der Waals surface area (Å²) in [5.41, 5.74) is 0. The van der Waals surface area contributed by atoms with Gasteiger partial charge in [-0.15, -0.1) is 0 Å². The van der Waals surface area contributed by atoms with E-state index in [1.807, 2.05) is 19.9 Å². The molecule has 2 amide bonds. The molecule has 5 heteroatoms. The first-order valence-corrected chi connectivity index (χ1v) is 6.05. The molecule has 1 unspecified atom stereocenters. The highest BCUT2D eigenvalue weighted by Crippen LogP contribution is 2.00. The van der Waals surface area contributed by atoms with Crippen LogP contribution in [0.5, 0.6) is 0 Å². The van der Waals surface area contributed by atoms with Crippen LogP contribution in [0.4, 0.5) is 0 Å². The van der Waals surface area contributed by atoms with Crippen molar-refractivity contribution < 1.29 is 9.59 Å². The van der Waals surface area contributed by atoms with E-state index in [-0.39, 0.29) is 18.2 Å². The zero-order valence-electron chi connectivity index (χ0n) is 10.8. The van der Waals surface area contributed by atoms with Crippen LogP contribution in [0.2, 0.25) is 0 Å². The van der Waals surface area contributed by atoms with Gasteiger partial charge in [-0.3, -0.25) is 9.59 Å². The number of carbonyl (C=O) groups is 2. The minimum atomic E-state index is -0.612. The van der Waals surface area contributed by atoms with Crippen LogP contribution in [0, 0.1) is 17.2 Å². The van der Waals surface area contributed by atoms with E-state index < -0.39 is 5.92 Å². The third-order valence-corrected chi connectivity index (χ3v) is 2.63. The van der Waals surface area contributed by atoms with Gasteiger partial charge < -0.3 is 10.2 Å². The van der Waals surface area contributed by atoms with Crippen molar-refractivity contribution in [2.45, 2.75) is 33.6 Å². The van der Waals surface area contributed by atoms with E-state index in [0.717, 1.165) is 0 Å². The normalized spacial score (nSPS) is 11.4. The summed E-state index contributed by atoms with van der Waals surface area (Å²) >= 11 is 0. The zero-order chi connectivity index (χ0) is 13.3. The molecule has 5 nitrogen and oxygen atoms in total. The summed E-state index contributed by atoms with van der Waals surface area (Å²) in [6.45, 7) is 7.28. The molecule has 0 radical (unpaired) electrons. The lowest BCUT2D eigenvalue weighted by Gasteiger charge is -2.18. The fraction of sp³-hybridized carbons (Fsp3) is 0.750. The smallest absolute Gasteiger partial charge is 0.237 e. The minimum Gasteiger partial charge on any atom is -0.354 e. The molecule has 17 heavy (non-hydrogen) atoms. The predicted octanol–water partition coefficient (Wildman–Crippen LogP) is 0.911. The second-order valence-electron chi connectivity index (χ2n) is 3.70. The summed E-state index contributed by atoms with van der Waals surface area (Å²) < 4.78 is 0. The lowest BCUT2D eigenvalue weighted by atomic mass is 10.1. The molecular weight excluding hydrogens is 218 g/mol. The first-order chi connectivity index (χ1) is 8.10. The molecular formula is C12H21N3O2. The Morgan fingerprint density at radius 2 is 1.88 bits per heavy atom. The fourth-order valence-corrected chi connectivity index (χ4v) is 1.49. The van der Waals surface area contributed by atoms with Gasteiger partial charge in [0, 0.05) is 26.1 Å². The van der Waals surface area contributed by atoms with Crippen LogP contribution < -0.4 is 5.32 Å². The Morgan fingerprint density at radius 3 is 2.29 bits per heavy atom. The van der Waals surface area contributed by atoms with Crippen LogP contribution in [0.15, 0.2) is 0 Å². The SMILES string of the molecule is CCC(C#N)C(=O)NCCC(=O)N(CC)CC. The molecule has 96 valence electrons. The highest BCUT2D eigenvalue weighted by molar-refractivity contribution is 5.82. The molecule has 0 fully saturated rings. The van der Waals surface area contributed by atoms with E-state index in [9.17, 15) is 9.59 Å². The maximum Gasteiger partial charge on any atom is 0.237 e. The van der Waals surface area contributed by atoms with Crippen molar-refractivity contribution in [3.05, 3.63) is 0 Å². The van der Waals surface area contributed by atoms with Crippen LogP contribution in [-0.2, 0) is 9.59 Å². The number of rotatable bonds is 7. The van der Waals surface area contributed by atoms with Gasteiger partial charge in [0.25, 0.3) is 0 Å². The molecule has 0 aromatic heterocycles. The quantitative estimate of drug-likeness (QED) is 0.717. The predicted molar refractivity (Wildman–Crippen MR) is 64.9 cm³/mol. The summed E-state index contributed by atoms with van der Waals surface area (Å²) in [6, 6.07) is 1.93. The summed E-state index contributed by atoms with van der Waals surface area (Å²) in [7, 11) is 0. The Kier molecular flexibility index (Phi) is 7.78. The largest absolute Gasteiger partial charge is 0.354 e. The van der Waals surface area contributed by atoms with Crippen molar-refractivity contribution >= 4 is 11.8 Å². The van der Waals surface area contributed by atoms with Crippen LogP contribution in [0.25, 0.3) is 0 Å². The molecule has 0 aliphatic heterocycles. The molecule has 1 atom stereocenters. The number of amides is 2. The van der Waals surface area contributed by atoms with Gasteiger partial charge in [-0.2, -0.15) is 5.26 Å². The minimum absolute atomic E-state index is 0.0281. The molecule has 1 N–H and O–H groups in total. The van der Waals surface area contributed by atoms with Gasteiger partial charge in [0.05, 0.1) is 6.07 Å². The number of carbonyl (C=O) groups excluding carboxylic acids is 2. The molecule has 0 aromatic carbocycles. The van der Waals surface area contributed by atoms with Crippen LogP contribution in [0.3, 0.4) is 0 Å². The Balaban J connectivity index is 3.96. The van der Waals surface area contributed by atoms with Crippen molar-refractivity contribution in [2.24, 2.45) is 5.92 Å². The topological polar surface area (TPSA) is 73.2 Å². The highest BCUT2D eigenvalue weighted by atomic mass is 16.2. The number of nitrogens with one attached hydrogen (secondary N) is 1. The van der Waals surface area contributed by atoms with Crippen molar-refractivity contribution in [3.8, 4) is 6.07 Å². The van der Waals surface area contributed by atoms with E-state index in [1.54, 1.807) is 11.8 Å². The first-order valence-electron chi connectivity index (χ1n) is 6.05. The number of nitrogens with zero attached hydrogens (tertiary/aromatic N) is 2.